The molecular weight excluding hydrogens is 348 g/mol. The zero-order valence-corrected chi connectivity index (χ0v) is 14.9. The van der Waals surface area contributed by atoms with Gasteiger partial charge in [0.2, 0.25) is 0 Å². The summed E-state index contributed by atoms with van der Waals surface area (Å²) in [5, 5.41) is 3.00. The maximum absolute atomic E-state index is 11.8. The van der Waals surface area contributed by atoms with Crippen LogP contribution in [0, 0.1) is 0 Å². The topological polar surface area (TPSA) is 60.3 Å². The lowest BCUT2D eigenvalue weighted by atomic mass is 10.1. The molecule has 130 valence electrons. The molecule has 26 heavy (non-hydrogen) atoms. The van der Waals surface area contributed by atoms with Crippen molar-refractivity contribution in [2.45, 2.75) is 6.54 Å². The maximum Gasteiger partial charge on any atom is 0.290 e. The molecule has 0 bridgehead atoms. The molecule has 2 amide bonds. The molecule has 1 fully saturated rings. The Balaban J connectivity index is 1.67. The quantitative estimate of drug-likeness (QED) is 0.710. The average Bonchev–Trinajstić information content (AvgIpc) is 3.19. The first-order chi connectivity index (χ1) is 12.6. The second-order valence-electron chi connectivity index (χ2n) is 5.92. The van der Waals surface area contributed by atoms with Crippen LogP contribution < -0.4 is 10.1 Å². The van der Waals surface area contributed by atoms with Crippen LogP contribution in [-0.4, -0.2) is 22.8 Å². The molecule has 0 unspecified atom stereocenters. The number of aromatic nitrogens is 1. The smallest absolute Gasteiger partial charge is 0.290 e. The van der Waals surface area contributed by atoms with Crippen LogP contribution in [0.25, 0.3) is 17.0 Å². The number of nitrogens with one attached hydrogen (secondary N) is 1. The highest BCUT2D eigenvalue weighted by Crippen LogP contribution is 2.29. The SMILES string of the molecule is COc1ccc(Cn2ccc3c(C=C4SC(=O)NC4=O)cccc32)cc1. The van der Waals surface area contributed by atoms with Gasteiger partial charge < -0.3 is 9.30 Å². The van der Waals surface area contributed by atoms with Crippen LogP contribution in [0.4, 0.5) is 4.79 Å². The van der Waals surface area contributed by atoms with E-state index in [1.54, 1.807) is 13.2 Å². The van der Waals surface area contributed by atoms with E-state index in [9.17, 15) is 9.59 Å². The third-order valence-electron chi connectivity index (χ3n) is 4.29. The van der Waals surface area contributed by atoms with Gasteiger partial charge in [0, 0.05) is 23.6 Å². The molecule has 0 aliphatic carbocycles. The summed E-state index contributed by atoms with van der Waals surface area (Å²) >= 11 is 0.933. The second-order valence-corrected chi connectivity index (χ2v) is 6.94. The van der Waals surface area contributed by atoms with E-state index < -0.39 is 0 Å². The Labute approximate surface area is 154 Å². The highest BCUT2D eigenvalue weighted by molar-refractivity contribution is 8.18. The van der Waals surface area contributed by atoms with E-state index in [2.05, 4.69) is 9.88 Å². The molecule has 1 saturated heterocycles. The Kier molecular flexibility index (Phi) is 4.26. The van der Waals surface area contributed by atoms with Crippen molar-refractivity contribution in [1.82, 2.24) is 9.88 Å². The summed E-state index contributed by atoms with van der Waals surface area (Å²) in [5.41, 5.74) is 3.16. The number of methoxy groups -OCH3 is 1. The van der Waals surface area contributed by atoms with Gasteiger partial charge in [-0.3, -0.25) is 14.9 Å². The van der Waals surface area contributed by atoms with Gasteiger partial charge in [-0.25, -0.2) is 0 Å². The van der Waals surface area contributed by atoms with Crippen LogP contribution >= 0.6 is 11.8 Å². The van der Waals surface area contributed by atoms with Gasteiger partial charge in [0.1, 0.15) is 5.75 Å². The van der Waals surface area contributed by atoms with Gasteiger partial charge in [-0.2, -0.15) is 0 Å². The number of imide groups is 1. The third-order valence-corrected chi connectivity index (χ3v) is 5.10. The summed E-state index contributed by atoms with van der Waals surface area (Å²) in [6, 6.07) is 16.0. The van der Waals surface area contributed by atoms with E-state index in [0.29, 0.717) is 4.91 Å². The molecule has 1 aromatic heterocycles. The molecule has 2 heterocycles. The Morgan fingerprint density at radius 3 is 2.62 bits per heavy atom. The summed E-state index contributed by atoms with van der Waals surface area (Å²) < 4.78 is 7.36. The molecule has 4 rings (SSSR count). The molecule has 5 nitrogen and oxygen atoms in total. The van der Waals surface area contributed by atoms with Crippen molar-refractivity contribution in [2.24, 2.45) is 0 Å². The van der Waals surface area contributed by atoms with Crippen molar-refractivity contribution in [3.63, 3.8) is 0 Å². The molecule has 0 saturated carbocycles. The number of fused-ring (bicyclic) bond motifs is 1. The Morgan fingerprint density at radius 2 is 1.92 bits per heavy atom. The molecule has 6 heteroatoms. The van der Waals surface area contributed by atoms with Crippen LogP contribution in [0.1, 0.15) is 11.1 Å². The lowest BCUT2D eigenvalue weighted by molar-refractivity contribution is -0.115. The molecule has 0 radical (unpaired) electrons. The lowest BCUT2D eigenvalue weighted by Crippen LogP contribution is -2.17. The van der Waals surface area contributed by atoms with E-state index in [1.165, 1.54) is 5.56 Å². The molecule has 2 aromatic carbocycles. The van der Waals surface area contributed by atoms with Crippen molar-refractivity contribution in [3.05, 3.63) is 70.8 Å². The number of carbonyl (C=O) groups is 2. The number of carbonyl (C=O) groups excluding carboxylic acids is 2. The van der Waals surface area contributed by atoms with Crippen LogP contribution in [0.3, 0.4) is 0 Å². The standard InChI is InChI=1S/C20H16N2O3S/c1-25-15-7-5-13(6-8-15)12-22-10-9-16-14(3-2-4-17(16)22)11-18-19(23)21-20(24)26-18/h2-11H,12H2,1H3,(H,21,23,24). The monoisotopic (exact) mass is 364 g/mol. The zero-order chi connectivity index (χ0) is 18.1. The van der Waals surface area contributed by atoms with E-state index in [4.69, 9.17) is 4.74 Å². The first-order valence-corrected chi connectivity index (χ1v) is 8.91. The molecule has 1 N–H and O–H groups in total. The van der Waals surface area contributed by atoms with Gasteiger partial charge in [-0.1, -0.05) is 24.3 Å². The first-order valence-electron chi connectivity index (χ1n) is 8.10. The summed E-state index contributed by atoms with van der Waals surface area (Å²) in [7, 11) is 1.65. The Morgan fingerprint density at radius 1 is 1.12 bits per heavy atom. The lowest BCUT2D eigenvalue weighted by Gasteiger charge is -2.07. The van der Waals surface area contributed by atoms with Crippen molar-refractivity contribution in [2.75, 3.05) is 7.11 Å². The van der Waals surface area contributed by atoms with Crippen LogP contribution in [0.2, 0.25) is 0 Å². The van der Waals surface area contributed by atoms with Crippen LogP contribution in [-0.2, 0) is 11.3 Å². The van der Waals surface area contributed by atoms with Gasteiger partial charge in [0.15, 0.2) is 0 Å². The number of rotatable bonds is 4. The number of ether oxygens (including phenoxy) is 1. The minimum absolute atomic E-state index is 0.328. The number of hydrogen-bond donors (Lipinski definition) is 1. The largest absolute Gasteiger partial charge is 0.497 e. The van der Waals surface area contributed by atoms with Crippen LogP contribution in [0.15, 0.2) is 59.6 Å². The number of nitrogens with zero attached hydrogens (tertiary/aromatic N) is 1. The fourth-order valence-corrected chi connectivity index (χ4v) is 3.67. The van der Waals surface area contributed by atoms with Gasteiger partial charge >= 0.3 is 0 Å². The fraction of sp³-hybridized carbons (Fsp3) is 0.100. The molecular formula is C20H16N2O3S. The summed E-state index contributed by atoms with van der Waals surface area (Å²) in [5.74, 6) is 0.497. The fourth-order valence-electron chi connectivity index (χ4n) is 3.00. The van der Waals surface area contributed by atoms with E-state index in [1.807, 2.05) is 54.7 Å². The highest BCUT2D eigenvalue weighted by Gasteiger charge is 2.25. The summed E-state index contributed by atoms with van der Waals surface area (Å²) in [6.07, 6.45) is 3.80. The van der Waals surface area contributed by atoms with E-state index in [-0.39, 0.29) is 11.1 Å². The maximum atomic E-state index is 11.8. The molecule has 1 aliphatic rings. The van der Waals surface area contributed by atoms with Gasteiger partial charge in [-0.05, 0) is 53.2 Å². The first kappa shape index (κ1) is 16.5. The predicted octanol–water partition coefficient (Wildman–Crippen LogP) is 4.02. The molecule has 3 aromatic rings. The van der Waals surface area contributed by atoms with Gasteiger partial charge in [-0.15, -0.1) is 0 Å². The predicted molar refractivity (Wildman–Crippen MR) is 103 cm³/mol. The second kappa shape index (κ2) is 6.72. The van der Waals surface area contributed by atoms with Crippen molar-refractivity contribution in [1.29, 1.82) is 0 Å². The minimum atomic E-state index is -0.338. The third kappa shape index (κ3) is 3.11. The minimum Gasteiger partial charge on any atom is -0.497 e. The van der Waals surface area contributed by atoms with E-state index in [0.717, 1.165) is 40.5 Å². The summed E-state index contributed by atoms with van der Waals surface area (Å²) in [4.78, 5) is 23.6. The van der Waals surface area contributed by atoms with Crippen molar-refractivity contribution in [3.8, 4) is 5.75 Å². The normalized spacial score (nSPS) is 15.7. The Hall–Kier alpha value is -2.99. The van der Waals surface area contributed by atoms with E-state index >= 15 is 0 Å². The Bertz CT molecular complexity index is 1030. The number of hydrogen-bond acceptors (Lipinski definition) is 4. The van der Waals surface area contributed by atoms with Gasteiger partial charge in [0.05, 0.1) is 12.0 Å². The molecule has 1 aliphatic heterocycles. The zero-order valence-electron chi connectivity index (χ0n) is 14.1. The van der Waals surface area contributed by atoms with Gasteiger partial charge in [0.25, 0.3) is 11.1 Å². The van der Waals surface area contributed by atoms with Crippen molar-refractivity contribution < 1.29 is 14.3 Å². The molecule has 0 atom stereocenters. The number of thioether (sulfide) groups is 1. The van der Waals surface area contributed by atoms with Crippen molar-refractivity contribution >= 4 is 39.9 Å². The number of benzene rings is 2. The summed E-state index contributed by atoms with van der Waals surface area (Å²) in [6.45, 7) is 0.737. The highest BCUT2D eigenvalue weighted by atomic mass is 32.2. The van der Waals surface area contributed by atoms with Crippen LogP contribution in [0.5, 0.6) is 5.75 Å². The average molecular weight is 364 g/mol. The molecule has 0 spiro atoms. The number of amides is 2.